The average Bonchev–Trinajstić information content (AvgIpc) is 2.71. The highest BCUT2D eigenvalue weighted by Crippen LogP contribution is 2.32. The van der Waals surface area contributed by atoms with Crippen molar-refractivity contribution >= 4 is 18.0 Å². The Balaban J connectivity index is 2.44. The molecule has 6 heteroatoms. The van der Waals surface area contributed by atoms with E-state index < -0.39 is 11.9 Å². The van der Waals surface area contributed by atoms with Crippen LogP contribution in [0.1, 0.15) is 11.1 Å². The first-order valence-corrected chi connectivity index (χ1v) is 5.90. The van der Waals surface area contributed by atoms with E-state index in [2.05, 4.69) is 17.2 Å². The van der Waals surface area contributed by atoms with E-state index in [-0.39, 0.29) is 11.4 Å². The molecule has 2 rings (SSSR count). The Bertz CT molecular complexity index is 620. The molecule has 1 aliphatic rings. The number of carbonyl (C=O) groups is 2. The van der Waals surface area contributed by atoms with Crippen molar-refractivity contribution in [2.45, 2.75) is 6.42 Å². The van der Waals surface area contributed by atoms with Gasteiger partial charge in [-0.15, -0.1) is 6.58 Å². The zero-order valence-electron chi connectivity index (χ0n) is 10.9. The van der Waals surface area contributed by atoms with Gasteiger partial charge in [0, 0.05) is 5.56 Å². The molecule has 0 unspecified atom stereocenters. The Kier molecular flexibility index (Phi) is 3.74. The van der Waals surface area contributed by atoms with E-state index >= 15 is 0 Å². The van der Waals surface area contributed by atoms with Gasteiger partial charge in [0.1, 0.15) is 5.70 Å². The van der Waals surface area contributed by atoms with Crippen LogP contribution in [0.25, 0.3) is 6.08 Å². The van der Waals surface area contributed by atoms with Crippen molar-refractivity contribution < 1.29 is 19.4 Å². The van der Waals surface area contributed by atoms with Crippen LogP contribution >= 0.6 is 0 Å². The number of phenols is 1. The molecule has 20 heavy (non-hydrogen) atoms. The molecule has 6 nitrogen and oxygen atoms in total. The number of rotatable bonds is 4. The van der Waals surface area contributed by atoms with Crippen LogP contribution in [0.4, 0.5) is 4.79 Å². The Morgan fingerprint density at radius 3 is 2.65 bits per heavy atom. The molecule has 0 spiro atoms. The molecule has 1 aliphatic heterocycles. The number of aromatic hydroxyl groups is 1. The zero-order chi connectivity index (χ0) is 14.7. The largest absolute Gasteiger partial charge is 0.504 e. The molecule has 1 heterocycles. The lowest BCUT2D eigenvalue weighted by molar-refractivity contribution is -0.115. The van der Waals surface area contributed by atoms with E-state index in [0.717, 1.165) is 0 Å². The summed E-state index contributed by atoms with van der Waals surface area (Å²) >= 11 is 0. The van der Waals surface area contributed by atoms with Crippen molar-refractivity contribution in [1.29, 1.82) is 0 Å². The minimum atomic E-state index is -0.557. The highest BCUT2D eigenvalue weighted by molar-refractivity contribution is 6.14. The number of amides is 3. The second-order valence-corrected chi connectivity index (χ2v) is 4.19. The molecule has 3 N–H and O–H groups in total. The number of methoxy groups -OCH3 is 1. The fraction of sp³-hybridized carbons (Fsp3) is 0.143. The number of hydrogen-bond donors (Lipinski definition) is 3. The van der Waals surface area contributed by atoms with E-state index in [1.165, 1.54) is 13.2 Å². The van der Waals surface area contributed by atoms with Crippen molar-refractivity contribution in [2.24, 2.45) is 0 Å². The first-order chi connectivity index (χ1) is 9.55. The lowest BCUT2D eigenvalue weighted by Gasteiger charge is -2.09. The number of carbonyl (C=O) groups excluding carboxylic acids is 2. The highest BCUT2D eigenvalue weighted by Gasteiger charge is 2.23. The van der Waals surface area contributed by atoms with Crippen LogP contribution in [0, 0.1) is 0 Å². The van der Waals surface area contributed by atoms with Gasteiger partial charge >= 0.3 is 6.03 Å². The van der Waals surface area contributed by atoms with Gasteiger partial charge in [-0.3, -0.25) is 10.1 Å². The first-order valence-electron chi connectivity index (χ1n) is 5.90. The molecule has 0 aromatic heterocycles. The number of benzene rings is 1. The topological polar surface area (TPSA) is 87.7 Å². The highest BCUT2D eigenvalue weighted by atomic mass is 16.5. The summed E-state index contributed by atoms with van der Waals surface area (Å²) in [6.45, 7) is 3.62. The standard InChI is InChI=1S/C14H14N2O4/c1-3-4-9-5-8(7-11(20-2)12(9)17)6-10-13(18)16-14(19)15-10/h3,5-7,17H,1,4H2,2H3,(H2,15,16,18,19)/b10-6+. The molecule has 0 saturated carbocycles. The normalized spacial score (nSPS) is 15.9. The molecule has 1 aromatic carbocycles. The number of ether oxygens (including phenoxy) is 1. The molecule has 104 valence electrons. The molecular weight excluding hydrogens is 260 g/mol. The second-order valence-electron chi connectivity index (χ2n) is 4.19. The van der Waals surface area contributed by atoms with Crippen molar-refractivity contribution in [3.05, 3.63) is 41.6 Å². The third kappa shape index (κ3) is 2.64. The number of nitrogens with one attached hydrogen (secondary N) is 2. The fourth-order valence-electron chi connectivity index (χ4n) is 1.89. The number of allylic oxidation sites excluding steroid dienone is 1. The van der Waals surface area contributed by atoms with Crippen LogP contribution in [-0.4, -0.2) is 24.2 Å². The van der Waals surface area contributed by atoms with Crippen LogP contribution in [0.3, 0.4) is 0 Å². The minimum absolute atomic E-state index is 0.0365. The summed E-state index contributed by atoms with van der Waals surface area (Å²) in [5, 5.41) is 14.5. The monoisotopic (exact) mass is 274 g/mol. The molecule has 0 radical (unpaired) electrons. The van der Waals surface area contributed by atoms with Gasteiger partial charge in [0.15, 0.2) is 11.5 Å². The first kappa shape index (κ1) is 13.7. The Morgan fingerprint density at radius 2 is 2.10 bits per heavy atom. The summed E-state index contributed by atoms with van der Waals surface area (Å²) in [6.07, 6.45) is 3.61. The maximum absolute atomic E-state index is 11.5. The predicted molar refractivity (Wildman–Crippen MR) is 73.2 cm³/mol. The van der Waals surface area contributed by atoms with Gasteiger partial charge in [0.05, 0.1) is 7.11 Å². The van der Waals surface area contributed by atoms with E-state index in [4.69, 9.17) is 4.74 Å². The van der Waals surface area contributed by atoms with Crippen LogP contribution < -0.4 is 15.4 Å². The molecule has 1 aromatic rings. The van der Waals surface area contributed by atoms with Crippen LogP contribution in [0.2, 0.25) is 0 Å². The molecule has 0 bridgehead atoms. The van der Waals surface area contributed by atoms with Crippen molar-refractivity contribution in [3.8, 4) is 11.5 Å². The summed E-state index contributed by atoms with van der Waals surface area (Å²) in [6, 6.07) is 2.72. The number of phenolic OH excluding ortho intramolecular Hbond substituents is 1. The van der Waals surface area contributed by atoms with E-state index in [1.807, 2.05) is 0 Å². The number of urea groups is 1. The molecule has 0 atom stereocenters. The van der Waals surface area contributed by atoms with Crippen molar-refractivity contribution in [2.75, 3.05) is 7.11 Å². The third-order valence-electron chi connectivity index (χ3n) is 2.79. The van der Waals surface area contributed by atoms with Gasteiger partial charge in [0.2, 0.25) is 0 Å². The molecule has 0 aliphatic carbocycles. The average molecular weight is 274 g/mol. The second kappa shape index (κ2) is 5.48. The Hall–Kier alpha value is -2.76. The maximum Gasteiger partial charge on any atom is 0.326 e. The lowest BCUT2D eigenvalue weighted by Crippen LogP contribution is -2.22. The van der Waals surface area contributed by atoms with E-state index in [1.54, 1.807) is 18.2 Å². The molecule has 1 saturated heterocycles. The van der Waals surface area contributed by atoms with Gasteiger partial charge in [-0.05, 0) is 30.2 Å². The minimum Gasteiger partial charge on any atom is -0.504 e. The third-order valence-corrected chi connectivity index (χ3v) is 2.79. The summed E-state index contributed by atoms with van der Waals surface area (Å²) in [7, 11) is 1.44. The lowest BCUT2D eigenvalue weighted by atomic mass is 10.0. The van der Waals surface area contributed by atoms with Crippen molar-refractivity contribution in [1.82, 2.24) is 10.6 Å². The number of imide groups is 1. The van der Waals surface area contributed by atoms with E-state index in [9.17, 15) is 14.7 Å². The summed E-state index contributed by atoms with van der Waals surface area (Å²) < 4.78 is 5.08. The van der Waals surface area contributed by atoms with Crippen molar-refractivity contribution in [3.63, 3.8) is 0 Å². The van der Waals surface area contributed by atoms with Crippen LogP contribution in [-0.2, 0) is 11.2 Å². The summed E-state index contributed by atoms with van der Waals surface area (Å²) in [5.41, 5.74) is 1.40. The number of hydrogen-bond acceptors (Lipinski definition) is 4. The Morgan fingerprint density at radius 1 is 1.35 bits per heavy atom. The van der Waals surface area contributed by atoms with Crippen LogP contribution in [0.15, 0.2) is 30.5 Å². The van der Waals surface area contributed by atoms with Gasteiger partial charge < -0.3 is 15.2 Å². The van der Waals surface area contributed by atoms with Gasteiger partial charge in [-0.2, -0.15) is 0 Å². The maximum atomic E-state index is 11.5. The van der Waals surface area contributed by atoms with E-state index in [0.29, 0.717) is 23.3 Å². The predicted octanol–water partition coefficient (Wildman–Crippen LogP) is 1.31. The fourth-order valence-corrected chi connectivity index (χ4v) is 1.89. The molecule has 1 fully saturated rings. The van der Waals surface area contributed by atoms with Gasteiger partial charge in [-0.1, -0.05) is 6.08 Å². The van der Waals surface area contributed by atoms with Gasteiger partial charge in [0.25, 0.3) is 5.91 Å². The Labute approximate surface area is 115 Å². The SMILES string of the molecule is C=CCc1cc(/C=C2/NC(=O)NC2=O)cc(OC)c1O. The molecule has 3 amide bonds. The quantitative estimate of drug-likeness (QED) is 0.439. The van der Waals surface area contributed by atoms with Gasteiger partial charge in [-0.25, -0.2) is 4.79 Å². The summed E-state index contributed by atoms with van der Waals surface area (Å²) in [4.78, 5) is 22.5. The summed E-state index contributed by atoms with van der Waals surface area (Å²) in [5.74, 6) is -0.164. The molecular formula is C14H14N2O4. The van der Waals surface area contributed by atoms with Crippen LogP contribution in [0.5, 0.6) is 11.5 Å². The smallest absolute Gasteiger partial charge is 0.326 e. The zero-order valence-corrected chi connectivity index (χ0v) is 10.9.